The van der Waals surface area contributed by atoms with Crippen LogP contribution < -0.4 is 4.74 Å². The highest BCUT2D eigenvalue weighted by Crippen LogP contribution is 2.43. The lowest BCUT2D eigenvalue weighted by Gasteiger charge is -2.44. The number of halogens is 1. The third-order valence-corrected chi connectivity index (χ3v) is 7.64. The van der Waals surface area contributed by atoms with Crippen LogP contribution in [-0.4, -0.2) is 40.4 Å². The maximum atomic E-state index is 13.1. The summed E-state index contributed by atoms with van der Waals surface area (Å²) in [7, 11) is 0. The summed E-state index contributed by atoms with van der Waals surface area (Å²) >= 11 is 6.36. The molecule has 1 amide bonds. The molecule has 0 radical (unpaired) electrons. The Morgan fingerprint density at radius 1 is 1.12 bits per heavy atom. The van der Waals surface area contributed by atoms with Crippen LogP contribution in [0.25, 0.3) is 11.0 Å². The second-order valence-corrected chi connectivity index (χ2v) is 9.91. The zero-order valence-electron chi connectivity index (χ0n) is 19.4. The Morgan fingerprint density at radius 2 is 1.85 bits per heavy atom. The summed E-state index contributed by atoms with van der Waals surface area (Å²) in [5.74, 6) is 0.695. The highest BCUT2D eigenvalue weighted by molar-refractivity contribution is 6.32. The lowest BCUT2D eigenvalue weighted by atomic mass is 9.81. The molecule has 33 heavy (non-hydrogen) atoms. The number of rotatable bonds is 2. The molecule has 5 rings (SSSR count). The fraction of sp³-hybridized carbons (Fsp3) is 0.423. The van der Waals surface area contributed by atoms with E-state index in [2.05, 4.69) is 5.16 Å². The van der Waals surface area contributed by atoms with Gasteiger partial charge in [-0.2, -0.15) is 0 Å². The number of carbonyl (C=O) groups excluding carboxylic acids is 2. The summed E-state index contributed by atoms with van der Waals surface area (Å²) < 4.78 is 11.9. The maximum Gasteiger partial charge on any atom is 0.228 e. The third kappa shape index (κ3) is 3.70. The molecule has 3 heterocycles. The first-order valence-electron chi connectivity index (χ1n) is 11.3. The first-order valence-corrected chi connectivity index (χ1v) is 11.7. The fourth-order valence-electron chi connectivity index (χ4n) is 5.26. The first kappa shape index (κ1) is 22.0. The lowest BCUT2D eigenvalue weighted by molar-refractivity contribution is -0.134. The minimum Gasteiger partial charge on any atom is -0.486 e. The van der Waals surface area contributed by atoms with Crippen LogP contribution in [0.3, 0.4) is 0 Å². The molecule has 6 nitrogen and oxygen atoms in total. The molecule has 1 spiro atoms. The smallest absolute Gasteiger partial charge is 0.228 e. The van der Waals surface area contributed by atoms with Crippen LogP contribution in [0.1, 0.15) is 57.6 Å². The highest BCUT2D eigenvalue weighted by atomic mass is 35.5. The molecule has 1 fully saturated rings. The summed E-state index contributed by atoms with van der Waals surface area (Å²) in [6.45, 7) is 8.88. The van der Waals surface area contributed by atoms with Gasteiger partial charge in [0.05, 0.1) is 18.4 Å². The Balaban J connectivity index is 1.31. The van der Waals surface area contributed by atoms with Crippen molar-refractivity contribution < 1.29 is 18.8 Å². The minimum absolute atomic E-state index is 0.0141. The largest absolute Gasteiger partial charge is 0.486 e. The summed E-state index contributed by atoms with van der Waals surface area (Å²) in [6, 6.07) is 5.92. The van der Waals surface area contributed by atoms with Gasteiger partial charge in [0.2, 0.25) is 5.91 Å². The molecule has 2 aliphatic heterocycles. The summed E-state index contributed by atoms with van der Waals surface area (Å²) in [5.41, 5.74) is 5.24. The number of likely N-dealkylation sites (tertiary alicyclic amines) is 1. The van der Waals surface area contributed by atoms with Gasteiger partial charge in [-0.1, -0.05) is 22.8 Å². The zero-order chi connectivity index (χ0) is 23.5. The standard InChI is InChI=1S/C26H27ClN2O4/c1-14-9-16(3)25-18(10-14)19(28-33-25)12-22(31)29-7-5-26(6-8-29)13-20(30)23-17(4)24(27)15(2)11-21(23)32-26/h9-11H,5-8,12-13H2,1-4H3. The molecule has 1 aromatic heterocycles. The molecule has 3 aromatic rings. The van der Waals surface area contributed by atoms with Crippen molar-refractivity contribution in [3.63, 3.8) is 0 Å². The van der Waals surface area contributed by atoms with E-state index in [-0.39, 0.29) is 18.1 Å². The number of benzene rings is 2. The molecule has 0 unspecified atom stereocenters. The van der Waals surface area contributed by atoms with E-state index in [4.69, 9.17) is 20.9 Å². The predicted molar refractivity (Wildman–Crippen MR) is 126 cm³/mol. The number of aromatic nitrogens is 1. The van der Waals surface area contributed by atoms with Crippen LogP contribution in [0.4, 0.5) is 0 Å². The van der Waals surface area contributed by atoms with Gasteiger partial charge in [0, 0.05) is 36.3 Å². The average molecular weight is 467 g/mol. The van der Waals surface area contributed by atoms with E-state index < -0.39 is 5.60 Å². The van der Waals surface area contributed by atoms with Crippen LogP contribution in [0.15, 0.2) is 22.7 Å². The van der Waals surface area contributed by atoms with Crippen molar-refractivity contribution >= 4 is 34.3 Å². The van der Waals surface area contributed by atoms with Crippen molar-refractivity contribution in [2.24, 2.45) is 0 Å². The van der Waals surface area contributed by atoms with Gasteiger partial charge >= 0.3 is 0 Å². The third-order valence-electron chi connectivity index (χ3n) is 7.06. The predicted octanol–water partition coefficient (Wildman–Crippen LogP) is 5.28. The van der Waals surface area contributed by atoms with Gasteiger partial charge in [-0.05, 0) is 62.1 Å². The highest BCUT2D eigenvalue weighted by Gasteiger charge is 2.44. The Morgan fingerprint density at radius 3 is 2.58 bits per heavy atom. The van der Waals surface area contributed by atoms with Gasteiger partial charge in [0.15, 0.2) is 11.4 Å². The number of ketones is 1. The average Bonchev–Trinajstić information content (AvgIpc) is 3.15. The van der Waals surface area contributed by atoms with E-state index in [1.165, 1.54) is 0 Å². The number of hydrogen-bond acceptors (Lipinski definition) is 5. The van der Waals surface area contributed by atoms with E-state index in [9.17, 15) is 9.59 Å². The van der Waals surface area contributed by atoms with E-state index in [0.29, 0.717) is 54.4 Å². The normalized spacial score (nSPS) is 17.4. The molecule has 2 aromatic carbocycles. The fourth-order valence-corrected chi connectivity index (χ4v) is 5.41. The van der Waals surface area contributed by atoms with Crippen LogP contribution >= 0.6 is 11.6 Å². The number of piperidine rings is 1. The summed E-state index contributed by atoms with van der Waals surface area (Å²) in [4.78, 5) is 27.9. The van der Waals surface area contributed by atoms with Gasteiger partial charge in [-0.25, -0.2) is 0 Å². The number of carbonyl (C=O) groups is 2. The van der Waals surface area contributed by atoms with Crippen LogP contribution in [0, 0.1) is 27.7 Å². The first-order chi connectivity index (χ1) is 15.7. The Kier molecular flexibility index (Phi) is 5.24. The van der Waals surface area contributed by atoms with E-state index in [0.717, 1.165) is 33.2 Å². The number of ether oxygens (including phenoxy) is 1. The second kappa shape index (κ2) is 7.87. The van der Waals surface area contributed by atoms with Crippen molar-refractivity contribution in [2.45, 2.75) is 59.0 Å². The molecular formula is C26H27ClN2O4. The number of amides is 1. The van der Waals surface area contributed by atoms with E-state index in [1.54, 1.807) is 0 Å². The lowest BCUT2D eigenvalue weighted by Crippen LogP contribution is -2.52. The number of hydrogen-bond donors (Lipinski definition) is 0. The SMILES string of the molecule is Cc1cc(C)c2onc(CC(=O)N3CCC4(CC3)CC(=O)c3c(cc(C)c(Cl)c3C)O4)c2c1. The number of Topliss-reactive ketones (excluding diaryl/α,β-unsaturated/α-hetero) is 1. The number of fused-ring (bicyclic) bond motifs is 2. The van der Waals surface area contributed by atoms with Crippen LogP contribution in [0.2, 0.25) is 5.02 Å². The topological polar surface area (TPSA) is 72.6 Å². The van der Waals surface area contributed by atoms with Crippen LogP contribution in [0.5, 0.6) is 5.75 Å². The molecule has 2 aliphatic rings. The second-order valence-electron chi connectivity index (χ2n) is 9.54. The van der Waals surface area contributed by atoms with Gasteiger partial charge in [0.1, 0.15) is 17.0 Å². The molecule has 1 saturated heterocycles. The van der Waals surface area contributed by atoms with E-state index in [1.807, 2.05) is 50.8 Å². The van der Waals surface area contributed by atoms with Crippen molar-refractivity contribution in [3.8, 4) is 5.75 Å². The molecule has 0 aliphatic carbocycles. The van der Waals surface area contributed by atoms with Crippen LogP contribution in [-0.2, 0) is 11.2 Å². The van der Waals surface area contributed by atoms with Gasteiger partial charge in [-0.3, -0.25) is 9.59 Å². The van der Waals surface area contributed by atoms with E-state index >= 15 is 0 Å². The zero-order valence-corrected chi connectivity index (χ0v) is 20.1. The van der Waals surface area contributed by atoms with Crippen molar-refractivity contribution in [3.05, 3.63) is 56.7 Å². The molecular weight excluding hydrogens is 440 g/mol. The number of nitrogens with zero attached hydrogens (tertiary/aromatic N) is 2. The summed E-state index contributed by atoms with van der Waals surface area (Å²) in [5, 5.41) is 5.69. The molecule has 0 bridgehead atoms. The Hall–Kier alpha value is -2.86. The minimum atomic E-state index is -0.567. The van der Waals surface area contributed by atoms with Crippen molar-refractivity contribution in [1.29, 1.82) is 0 Å². The number of aryl methyl sites for hydroxylation is 3. The quantitative estimate of drug-likeness (QED) is 0.513. The van der Waals surface area contributed by atoms with Gasteiger partial charge in [0.25, 0.3) is 0 Å². The molecule has 0 saturated carbocycles. The molecule has 172 valence electrons. The van der Waals surface area contributed by atoms with Gasteiger partial charge in [-0.15, -0.1) is 0 Å². The monoisotopic (exact) mass is 466 g/mol. The Bertz CT molecular complexity index is 1300. The van der Waals surface area contributed by atoms with Crippen molar-refractivity contribution in [2.75, 3.05) is 13.1 Å². The Labute approximate surface area is 197 Å². The molecule has 0 N–H and O–H groups in total. The maximum absolute atomic E-state index is 13.1. The molecule has 0 atom stereocenters. The van der Waals surface area contributed by atoms with Crippen molar-refractivity contribution in [1.82, 2.24) is 10.1 Å². The molecule has 7 heteroatoms. The summed E-state index contributed by atoms with van der Waals surface area (Å²) in [6.07, 6.45) is 1.74. The van der Waals surface area contributed by atoms with Gasteiger partial charge < -0.3 is 14.2 Å².